The van der Waals surface area contributed by atoms with Crippen LogP contribution in [0, 0.1) is 11.6 Å². The van der Waals surface area contributed by atoms with Gasteiger partial charge in [-0.2, -0.15) is 0 Å². The summed E-state index contributed by atoms with van der Waals surface area (Å²) < 4.78 is 37.5. The molecule has 0 atom stereocenters. The zero-order chi connectivity index (χ0) is 19.9. The summed E-state index contributed by atoms with van der Waals surface area (Å²) in [4.78, 5) is 15.3. The van der Waals surface area contributed by atoms with Crippen LogP contribution in [-0.4, -0.2) is 16.8 Å². The maximum Gasteiger partial charge on any atom is 0.239 e. The molecule has 1 aromatic heterocycles. The number of aromatic nitrogens is 1. The fraction of sp³-hybridized carbons (Fsp3) is 0.100. The largest absolute Gasteiger partial charge is 0.489 e. The lowest BCUT2D eigenvalue weighted by atomic mass is 10.2. The number of rotatable bonds is 7. The first-order chi connectivity index (χ1) is 13.5. The van der Waals surface area contributed by atoms with Crippen molar-refractivity contribution in [3.63, 3.8) is 0 Å². The van der Waals surface area contributed by atoms with Gasteiger partial charge in [0.05, 0.1) is 11.9 Å². The van der Waals surface area contributed by atoms with E-state index >= 15 is 0 Å². The number of pyridine rings is 1. The molecule has 8 heteroatoms. The molecule has 5 nitrogen and oxygen atoms in total. The van der Waals surface area contributed by atoms with Gasteiger partial charge in [0.25, 0.3) is 0 Å². The highest BCUT2D eigenvalue weighted by atomic mass is 35.5. The predicted molar refractivity (Wildman–Crippen MR) is 101 cm³/mol. The normalized spacial score (nSPS) is 10.4. The van der Waals surface area contributed by atoms with E-state index in [-0.39, 0.29) is 18.4 Å². The number of amides is 1. The molecule has 0 radical (unpaired) electrons. The number of hydrogen-bond acceptors (Lipinski definition) is 4. The monoisotopic (exact) mass is 404 g/mol. The minimum absolute atomic E-state index is 0.0337. The van der Waals surface area contributed by atoms with Gasteiger partial charge in [0, 0.05) is 12.1 Å². The standard InChI is InChI=1S/C20H15ClF2N2O3/c21-10-19(26)25-16-1-6-20(24-11-16)28-18-4-2-17(3-5-18)27-12-13-7-14(22)9-15(23)8-13/h1-9,11H,10,12H2,(H,25,26). The van der Waals surface area contributed by atoms with E-state index in [0.29, 0.717) is 28.6 Å². The molecule has 0 unspecified atom stereocenters. The Hall–Kier alpha value is -3.19. The summed E-state index contributed by atoms with van der Waals surface area (Å²) in [6.45, 7) is 0.0337. The summed E-state index contributed by atoms with van der Waals surface area (Å²) in [7, 11) is 0. The average Bonchev–Trinajstić information content (AvgIpc) is 2.68. The van der Waals surface area contributed by atoms with Crippen LogP contribution >= 0.6 is 11.6 Å². The molecule has 0 fully saturated rings. The number of nitrogens with one attached hydrogen (secondary N) is 1. The van der Waals surface area contributed by atoms with E-state index in [2.05, 4.69) is 10.3 Å². The Kier molecular flexibility index (Phi) is 6.39. The Labute approximate surface area is 164 Å². The first-order valence-electron chi connectivity index (χ1n) is 8.19. The van der Waals surface area contributed by atoms with Crippen molar-refractivity contribution in [2.75, 3.05) is 11.2 Å². The van der Waals surface area contributed by atoms with Crippen LogP contribution in [0.25, 0.3) is 0 Å². The molecular formula is C20H15ClF2N2O3. The molecule has 0 aliphatic heterocycles. The van der Waals surface area contributed by atoms with Crippen LogP contribution in [0.15, 0.2) is 60.8 Å². The van der Waals surface area contributed by atoms with Crippen molar-refractivity contribution in [1.82, 2.24) is 4.98 Å². The Bertz CT molecular complexity index is 930. The fourth-order valence-electron chi connectivity index (χ4n) is 2.29. The average molecular weight is 405 g/mol. The summed E-state index contributed by atoms with van der Waals surface area (Å²) in [6, 6.07) is 13.2. The van der Waals surface area contributed by atoms with E-state index in [4.69, 9.17) is 21.1 Å². The third-order valence-corrected chi connectivity index (χ3v) is 3.76. The highest BCUT2D eigenvalue weighted by Crippen LogP contribution is 2.24. The molecule has 3 aromatic rings. The fourth-order valence-corrected chi connectivity index (χ4v) is 2.36. The molecule has 0 spiro atoms. The van der Waals surface area contributed by atoms with E-state index in [1.165, 1.54) is 18.3 Å². The van der Waals surface area contributed by atoms with E-state index in [1.54, 1.807) is 36.4 Å². The van der Waals surface area contributed by atoms with Crippen molar-refractivity contribution in [3.8, 4) is 17.4 Å². The van der Waals surface area contributed by atoms with Crippen LogP contribution in [0.2, 0.25) is 0 Å². The number of carbonyl (C=O) groups is 1. The second-order valence-corrected chi connectivity index (χ2v) is 5.97. The first-order valence-corrected chi connectivity index (χ1v) is 8.73. The van der Waals surface area contributed by atoms with Crippen molar-refractivity contribution < 1.29 is 23.0 Å². The topological polar surface area (TPSA) is 60.5 Å². The third kappa shape index (κ3) is 5.65. The zero-order valence-electron chi connectivity index (χ0n) is 14.5. The molecule has 1 heterocycles. The molecule has 3 rings (SSSR count). The summed E-state index contributed by atoms with van der Waals surface area (Å²) in [5, 5.41) is 2.57. The number of hydrogen-bond donors (Lipinski definition) is 1. The van der Waals surface area contributed by atoms with Crippen LogP contribution < -0.4 is 14.8 Å². The number of benzene rings is 2. The minimum Gasteiger partial charge on any atom is -0.489 e. The molecule has 1 N–H and O–H groups in total. The van der Waals surface area contributed by atoms with Gasteiger partial charge >= 0.3 is 0 Å². The van der Waals surface area contributed by atoms with E-state index in [9.17, 15) is 13.6 Å². The van der Waals surface area contributed by atoms with Crippen LogP contribution in [0.1, 0.15) is 5.56 Å². The molecular weight excluding hydrogens is 390 g/mol. The second-order valence-electron chi connectivity index (χ2n) is 5.71. The maximum absolute atomic E-state index is 13.2. The third-order valence-electron chi connectivity index (χ3n) is 3.52. The molecule has 0 bridgehead atoms. The number of carbonyl (C=O) groups excluding carboxylic acids is 1. The van der Waals surface area contributed by atoms with Crippen LogP contribution in [0.5, 0.6) is 17.4 Å². The molecule has 0 saturated heterocycles. The molecule has 0 aliphatic rings. The van der Waals surface area contributed by atoms with Gasteiger partial charge in [-0.25, -0.2) is 13.8 Å². The van der Waals surface area contributed by atoms with Crippen molar-refractivity contribution in [2.45, 2.75) is 6.61 Å². The SMILES string of the molecule is O=C(CCl)Nc1ccc(Oc2ccc(OCc3cc(F)cc(F)c3)cc2)nc1. The zero-order valence-corrected chi connectivity index (χ0v) is 15.2. The van der Waals surface area contributed by atoms with Crippen molar-refractivity contribution in [3.05, 3.63) is 78.0 Å². The molecule has 0 saturated carbocycles. The molecule has 28 heavy (non-hydrogen) atoms. The Morgan fingerprint density at radius 2 is 1.68 bits per heavy atom. The molecule has 1 amide bonds. The predicted octanol–water partition coefficient (Wildman–Crippen LogP) is 4.91. The van der Waals surface area contributed by atoms with Crippen molar-refractivity contribution in [2.24, 2.45) is 0 Å². The quantitative estimate of drug-likeness (QED) is 0.568. The molecule has 144 valence electrons. The highest BCUT2D eigenvalue weighted by Gasteiger charge is 2.04. The smallest absolute Gasteiger partial charge is 0.239 e. The number of ether oxygens (including phenoxy) is 2. The van der Waals surface area contributed by atoms with E-state index < -0.39 is 11.6 Å². The molecule has 0 aliphatic carbocycles. The van der Waals surface area contributed by atoms with Gasteiger partial charge in [-0.1, -0.05) is 0 Å². The summed E-state index contributed by atoms with van der Waals surface area (Å²) >= 11 is 5.42. The lowest BCUT2D eigenvalue weighted by Gasteiger charge is -2.09. The Morgan fingerprint density at radius 3 is 2.29 bits per heavy atom. The number of alkyl halides is 1. The van der Waals surface area contributed by atoms with Gasteiger partial charge < -0.3 is 14.8 Å². The lowest BCUT2D eigenvalue weighted by Crippen LogP contribution is -2.12. The number of anilines is 1. The summed E-state index contributed by atoms with van der Waals surface area (Å²) in [5.41, 5.74) is 0.902. The highest BCUT2D eigenvalue weighted by molar-refractivity contribution is 6.29. The Balaban J connectivity index is 1.56. The first kappa shape index (κ1) is 19.6. The number of halogens is 3. The van der Waals surface area contributed by atoms with Gasteiger partial charge in [-0.3, -0.25) is 4.79 Å². The van der Waals surface area contributed by atoms with Crippen molar-refractivity contribution >= 4 is 23.2 Å². The van der Waals surface area contributed by atoms with E-state index in [0.717, 1.165) is 6.07 Å². The van der Waals surface area contributed by atoms with Gasteiger partial charge in [0.2, 0.25) is 11.8 Å². The Morgan fingerprint density at radius 1 is 1.00 bits per heavy atom. The van der Waals surface area contributed by atoms with Gasteiger partial charge in [0.1, 0.15) is 35.6 Å². The summed E-state index contributed by atoms with van der Waals surface area (Å²) in [6.07, 6.45) is 1.45. The van der Waals surface area contributed by atoms with Crippen LogP contribution in [0.4, 0.5) is 14.5 Å². The maximum atomic E-state index is 13.2. The second kappa shape index (κ2) is 9.14. The van der Waals surface area contributed by atoms with Gasteiger partial charge in [0.15, 0.2) is 0 Å². The van der Waals surface area contributed by atoms with Crippen LogP contribution in [-0.2, 0) is 11.4 Å². The van der Waals surface area contributed by atoms with Crippen molar-refractivity contribution in [1.29, 1.82) is 0 Å². The van der Waals surface area contributed by atoms with Crippen LogP contribution in [0.3, 0.4) is 0 Å². The van der Waals surface area contributed by atoms with Gasteiger partial charge in [-0.05, 0) is 48.0 Å². The number of nitrogens with zero attached hydrogens (tertiary/aromatic N) is 1. The minimum atomic E-state index is -0.650. The summed E-state index contributed by atoms with van der Waals surface area (Å²) in [5.74, 6) is -0.383. The van der Waals surface area contributed by atoms with Gasteiger partial charge in [-0.15, -0.1) is 11.6 Å². The lowest BCUT2D eigenvalue weighted by molar-refractivity contribution is -0.113. The molecule has 2 aromatic carbocycles. The van der Waals surface area contributed by atoms with E-state index in [1.807, 2.05) is 0 Å².